The maximum atomic E-state index is 13.2. The number of carbonyl (C=O) groups is 1. The van der Waals surface area contributed by atoms with E-state index in [9.17, 15) is 13.6 Å². The Hall–Kier alpha value is -1.69. The summed E-state index contributed by atoms with van der Waals surface area (Å²) in [4.78, 5) is 11.5. The van der Waals surface area contributed by atoms with Crippen LogP contribution in [0.25, 0.3) is 0 Å². The van der Waals surface area contributed by atoms with Crippen molar-refractivity contribution in [1.29, 1.82) is 0 Å². The van der Waals surface area contributed by atoms with Crippen LogP contribution in [-0.2, 0) is 0 Å². The fraction of sp³-hybridized carbons (Fsp3) is 0.364. The number of hydrogen-bond acceptors (Lipinski definition) is 2. The second-order valence-corrected chi connectivity index (χ2v) is 3.91. The smallest absolute Gasteiger partial charge is 0.319 e. The maximum Gasteiger partial charge on any atom is 0.319 e. The predicted molar refractivity (Wildman–Crippen MR) is 59.8 cm³/mol. The van der Waals surface area contributed by atoms with Crippen LogP contribution in [0, 0.1) is 11.6 Å². The molecule has 0 saturated carbocycles. The van der Waals surface area contributed by atoms with Gasteiger partial charge in [-0.05, 0) is 25.1 Å². The third-order valence-corrected chi connectivity index (χ3v) is 2.57. The van der Waals surface area contributed by atoms with E-state index >= 15 is 0 Å². The molecule has 17 heavy (non-hydrogen) atoms. The second kappa shape index (κ2) is 5.09. The number of hydrogen-bond donors (Lipinski definition) is 3. The van der Waals surface area contributed by atoms with Gasteiger partial charge in [-0.2, -0.15) is 0 Å². The van der Waals surface area contributed by atoms with Gasteiger partial charge in [0, 0.05) is 18.7 Å². The highest BCUT2D eigenvalue weighted by Gasteiger charge is 2.17. The number of benzene rings is 1. The summed E-state index contributed by atoms with van der Waals surface area (Å²) in [6.45, 7) is 1.56. The Labute approximate surface area is 97.4 Å². The minimum absolute atomic E-state index is 0.0325. The molecule has 1 aliphatic heterocycles. The molecule has 3 N–H and O–H groups in total. The topological polar surface area (TPSA) is 53.2 Å². The first-order valence-electron chi connectivity index (χ1n) is 5.38. The molecular formula is C11H13F2N3O. The molecule has 1 aliphatic rings. The van der Waals surface area contributed by atoms with Crippen LogP contribution in [0.4, 0.5) is 19.3 Å². The summed E-state index contributed by atoms with van der Waals surface area (Å²) in [6.07, 6.45) is 0.847. The number of rotatable bonds is 2. The minimum Gasteiger partial charge on any atom is -0.334 e. The molecule has 92 valence electrons. The zero-order valence-corrected chi connectivity index (χ0v) is 9.09. The van der Waals surface area contributed by atoms with E-state index in [2.05, 4.69) is 16.0 Å². The van der Waals surface area contributed by atoms with Gasteiger partial charge in [-0.25, -0.2) is 13.6 Å². The molecule has 0 unspecified atom stereocenters. The molecule has 0 bridgehead atoms. The van der Waals surface area contributed by atoms with Crippen LogP contribution in [0.2, 0.25) is 0 Å². The van der Waals surface area contributed by atoms with Crippen molar-refractivity contribution >= 4 is 11.7 Å². The number of anilines is 1. The van der Waals surface area contributed by atoms with Crippen LogP contribution >= 0.6 is 0 Å². The van der Waals surface area contributed by atoms with Crippen molar-refractivity contribution in [2.24, 2.45) is 0 Å². The van der Waals surface area contributed by atoms with Crippen LogP contribution in [0.3, 0.4) is 0 Å². The quantitative estimate of drug-likeness (QED) is 0.734. The highest BCUT2D eigenvalue weighted by Crippen LogP contribution is 2.14. The summed E-state index contributed by atoms with van der Waals surface area (Å²) in [5, 5.41) is 8.14. The lowest BCUT2D eigenvalue weighted by Crippen LogP contribution is -2.39. The summed E-state index contributed by atoms with van der Waals surface area (Å²) in [6, 6.07) is 2.59. The van der Waals surface area contributed by atoms with E-state index in [1.54, 1.807) is 0 Å². The Bertz CT molecular complexity index is 419. The van der Waals surface area contributed by atoms with E-state index in [0.29, 0.717) is 6.54 Å². The molecule has 1 fully saturated rings. The van der Waals surface area contributed by atoms with E-state index in [1.165, 1.54) is 6.07 Å². The number of carbonyl (C=O) groups excluding carboxylic acids is 1. The number of urea groups is 1. The van der Waals surface area contributed by atoms with Gasteiger partial charge >= 0.3 is 6.03 Å². The van der Waals surface area contributed by atoms with Gasteiger partial charge in [-0.1, -0.05) is 0 Å². The van der Waals surface area contributed by atoms with Crippen LogP contribution in [0.15, 0.2) is 18.2 Å². The Morgan fingerprint density at radius 2 is 2.24 bits per heavy atom. The third-order valence-electron chi connectivity index (χ3n) is 2.57. The molecule has 6 heteroatoms. The van der Waals surface area contributed by atoms with E-state index in [4.69, 9.17) is 0 Å². The van der Waals surface area contributed by atoms with Gasteiger partial charge in [0.05, 0.1) is 5.69 Å². The van der Waals surface area contributed by atoms with Crippen LogP contribution in [0.5, 0.6) is 0 Å². The average molecular weight is 241 g/mol. The molecule has 0 radical (unpaired) electrons. The molecule has 0 aliphatic carbocycles. The molecule has 1 saturated heterocycles. The van der Waals surface area contributed by atoms with E-state index in [1.807, 2.05) is 0 Å². The van der Waals surface area contributed by atoms with Gasteiger partial charge in [-0.15, -0.1) is 0 Å². The normalized spacial score (nSPS) is 19.1. The Kier molecular flexibility index (Phi) is 3.53. The Balaban J connectivity index is 1.93. The van der Waals surface area contributed by atoms with Crippen molar-refractivity contribution in [2.45, 2.75) is 12.5 Å². The molecule has 1 heterocycles. The molecule has 0 spiro atoms. The number of halogens is 2. The standard InChI is InChI=1S/C11H13F2N3O/c12-7-1-2-10(9(13)5-7)16-11(17)15-8-3-4-14-6-8/h1-2,5,8,14H,3-4,6H2,(H2,15,16,17)/t8-/m1/s1. The fourth-order valence-corrected chi connectivity index (χ4v) is 1.71. The molecule has 4 nitrogen and oxygen atoms in total. The highest BCUT2D eigenvalue weighted by atomic mass is 19.1. The lowest BCUT2D eigenvalue weighted by Gasteiger charge is -2.12. The predicted octanol–water partition coefficient (Wildman–Crippen LogP) is 1.45. The molecular weight excluding hydrogens is 228 g/mol. The first kappa shape index (κ1) is 11.8. The zero-order valence-electron chi connectivity index (χ0n) is 9.09. The van der Waals surface area contributed by atoms with Gasteiger partial charge in [0.25, 0.3) is 0 Å². The van der Waals surface area contributed by atoms with E-state index in [0.717, 1.165) is 25.1 Å². The Morgan fingerprint density at radius 1 is 1.41 bits per heavy atom. The summed E-state index contributed by atoms with van der Waals surface area (Å²) in [5.41, 5.74) is -0.0325. The monoisotopic (exact) mass is 241 g/mol. The number of amides is 2. The van der Waals surface area contributed by atoms with Crippen molar-refractivity contribution in [3.63, 3.8) is 0 Å². The third kappa shape index (κ3) is 3.13. The van der Waals surface area contributed by atoms with Crippen molar-refractivity contribution in [3.05, 3.63) is 29.8 Å². The fourth-order valence-electron chi connectivity index (χ4n) is 1.71. The maximum absolute atomic E-state index is 13.2. The van der Waals surface area contributed by atoms with Gasteiger partial charge in [0.1, 0.15) is 11.6 Å². The summed E-state index contributed by atoms with van der Waals surface area (Å²) < 4.78 is 25.9. The molecule has 1 aromatic rings. The SMILES string of the molecule is O=C(Nc1ccc(F)cc1F)N[C@@H]1CCNC1. The Morgan fingerprint density at radius 3 is 2.88 bits per heavy atom. The zero-order chi connectivity index (χ0) is 12.3. The van der Waals surface area contributed by atoms with Crippen LogP contribution in [-0.4, -0.2) is 25.2 Å². The van der Waals surface area contributed by atoms with Crippen molar-refractivity contribution < 1.29 is 13.6 Å². The van der Waals surface area contributed by atoms with Gasteiger partial charge in [-0.3, -0.25) is 0 Å². The van der Waals surface area contributed by atoms with Crippen molar-refractivity contribution in [2.75, 3.05) is 18.4 Å². The summed E-state index contributed by atoms with van der Waals surface area (Å²) in [5.74, 6) is -1.46. The lowest BCUT2D eigenvalue weighted by molar-refractivity contribution is 0.249. The molecule has 1 aromatic carbocycles. The van der Waals surface area contributed by atoms with Gasteiger partial charge < -0.3 is 16.0 Å². The average Bonchev–Trinajstić information content (AvgIpc) is 2.75. The second-order valence-electron chi connectivity index (χ2n) is 3.91. The highest BCUT2D eigenvalue weighted by molar-refractivity contribution is 5.89. The first-order valence-corrected chi connectivity index (χ1v) is 5.38. The van der Waals surface area contributed by atoms with Crippen molar-refractivity contribution in [3.8, 4) is 0 Å². The molecule has 2 rings (SSSR count). The lowest BCUT2D eigenvalue weighted by atomic mass is 10.2. The number of nitrogens with one attached hydrogen (secondary N) is 3. The van der Waals surface area contributed by atoms with Gasteiger partial charge in [0.15, 0.2) is 0 Å². The first-order chi connectivity index (χ1) is 8.15. The minimum atomic E-state index is -0.787. The van der Waals surface area contributed by atoms with Crippen molar-refractivity contribution in [1.82, 2.24) is 10.6 Å². The van der Waals surface area contributed by atoms with Crippen LogP contribution in [0.1, 0.15) is 6.42 Å². The largest absolute Gasteiger partial charge is 0.334 e. The molecule has 2 amide bonds. The van der Waals surface area contributed by atoms with E-state index < -0.39 is 17.7 Å². The molecule has 1 atom stereocenters. The van der Waals surface area contributed by atoms with Crippen LogP contribution < -0.4 is 16.0 Å². The van der Waals surface area contributed by atoms with Gasteiger partial charge in [0.2, 0.25) is 0 Å². The summed E-state index contributed by atoms with van der Waals surface area (Å²) in [7, 11) is 0. The van der Waals surface area contributed by atoms with E-state index in [-0.39, 0.29) is 11.7 Å². The molecule has 0 aromatic heterocycles. The summed E-state index contributed by atoms with van der Waals surface area (Å²) >= 11 is 0.